The van der Waals surface area contributed by atoms with Crippen LogP contribution >= 0.6 is 27.5 Å². The van der Waals surface area contributed by atoms with E-state index in [9.17, 15) is 22.8 Å². The molecule has 0 radical (unpaired) electrons. The molecule has 27 heavy (non-hydrogen) atoms. The van der Waals surface area contributed by atoms with E-state index >= 15 is 0 Å². The van der Waals surface area contributed by atoms with Gasteiger partial charge in [-0.15, -0.1) is 0 Å². The SMILES string of the molecule is O=C(Cn1nc(C(F)F)c2cc(Br)ccc2c1=O)Nc1ncc(Cl)cc1F. The fraction of sp³-hybridized carbons (Fsp3) is 0.125. The Balaban J connectivity index is 1.97. The van der Waals surface area contributed by atoms with Crippen molar-refractivity contribution in [3.8, 4) is 0 Å². The minimum absolute atomic E-state index is 0.0212. The van der Waals surface area contributed by atoms with Crippen molar-refractivity contribution in [1.29, 1.82) is 0 Å². The third kappa shape index (κ3) is 4.11. The molecule has 3 rings (SSSR count). The monoisotopic (exact) mass is 460 g/mol. The standard InChI is InChI=1S/C16H9BrClF3N4O2/c17-7-1-2-9-10(3-7)13(14(20)21)24-25(16(9)27)6-12(26)23-15-11(19)4-8(18)5-22-15/h1-5,14H,6H2,(H,22,23,26). The van der Waals surface area contributed by atoms with Crippen molar-refractivity contribution in [3.05, 3.63) is 61.8 Å². The van der Waals surface area contributed by atoms with Crippen molar-refractivity contribution in [2.75, 3.05) is 5.32 Å². The summed E-state index contributed by atoms with van der Waals surface area (Å²) in [6, 6.07) is 5.15. The lowest BCUT2D eigenvalue weighted by atomic mass is 10.1. The number of pyridine rings is 1. The summed E-state index contributed by atoms with van der Waals surface area (Å²) in [4.78, 5) is 28.2. The number of anilines is 1. The molecule has 140 valence electrons. The Morgan fingerprint density at radius 1 is 1.30 bits per heavy atom. The van der Waals surface area contributed by atoms with Gasteiger partial charge in [0.15, 0.2) is 11.6 Å². The van der Waals surface area contributed by atoms with Crippen molar-refractivity contribution in [1.82, 2.24) is 14.8 Å². The van der Waals surface area contributed by atoms with Crippen molar-refractivity contribution in [2.24, 2.45) is 0 Å². The van der Waals surface area contributed by atoms with Gasteiger partial charge in [0.25, 0.3) is 12.0 Å². The first-order valence-corrected chi connectivity index (χ1v) is 8.52. The Kier molecular flexibility index (Phi) is 5.47. The van der Waals surface area contributed by atoms with E-state index in [1.807, 2.05) is 0 Å². The number of aromatic nitrogens is 3. The summed E-state index contributed by atoms with van der Waals surface area (Å²) in [6.45, 7) is -0.700. The van der Waals surface area contributed by atoms with Gasteiger partial charge in [-0.05, 0) is 24.3 Å². The number of nitrogens with zero attached hydrogens (tertiary/aromatic N) is 3. The topological polar surface area (TPSA) is 76.9 Å². The molecule has 2 heterocycles. The number of nitrogens with one attached hydrogen (secondary N) is 1. The molecule has 1 amide bonds. The van der Waals surface area contributed by atoms with E-state index < -0.39 is 41.8 Å². The van der Waals surface area contributed by atoms with Crippen LogP contribution in [0, 0.1) is 5.82 Å². The van der Waals surface area contributed by atoms with E-state index in [0.29, 0.717) is 9.15 Å². The first-order valence-electron chi connectivity index (χ1n) is 7.35. The van der Waals surface area contributed by atoms with Gasteiger partial charge in [0.05, 0.1) is 10.4 Å². The maximum absolute atomic E-state index is 13.7. The zero-order chi connectivity index (χ0) is 19.7. The number of fused-ring (bicyclic) bond motifs is 1. The van der Waals surface area contributed by atoms with Crippen molar-refractivity contribution in [3.63, 3.8) is 0 Å². The molecular formula is C16H9BrClF3N4O2. The number of halogens is 5. The lowest BCUT2D eigenvalue weighted by Crippen LogP contribution is -2.31. The van der Waals surface area contributed by atoms with Gasteiger partial charge in [-0.2, -0.15) is 5.10 Å². The molecule has 0 aliphatic carbocycles. The molecule has 0 spiro atoms. The highest BCUT2D eigenvalue weighted by atomic mass is 79.9. The van der Waals surface area contributed by atoms with E-state index in [1.54, 1.807) is 0 Å². The summed E-state index contributed by atoms with van der Waals surface area (Å²) in [5.74, 6) is -2.15. The summed E-state index contributed by atoms with van der Waals surface area (Å²) in [5, 5.41) is 5.73. The van der Waals surface area contributed by atoms with Crippen LogP contribution in [0.25, 0.3) is 10.8 Å². The van der Waals surface area contributed by atoms with Gasteiger partial charge >= 0.3 is 0 Å². The largest absolute Gasteiger partial charge is 0.307 e. The zero-order valence-corrected chi connectivity index (χ0v) is 15.6. The van der Waals surface area contributed by atoms with E-state index in [-0.39, 0.29) is 15.8 Å². The van der Waals surface area contributed by atoms with Crippen LogP contribution < -0.4 is 10.9 Å². The molecule has 0 saturated carbocycles. The van der Waals surface area contributed by atoms with Crippen LogP contribution in [0.3, 0.4) is 0 Å². The highest BCUT2D eigenvalue weighted by molar-refractivity contribution is 9.10. The average molecular weight is 462 g/mol. The molecule has 0 bridgehead atoms. The van der Waals surface area contributed by atoms with Gasteiger partial charge in [0, 0.05) is 16.1 Å². The summed E-state index contributed by atoms with van der Waals surface area (Å²) in [6.07, 6.45) is -1.85. The lowest BCUT2D eigenvalue weighted by Gasteiger charge is -2.11. The number of alkyl halides is 2. The molecule has 0 saturated heterocycles. The Hall–Kier alpha value is -2.46. The molecule has 1 N–H and O–H groups in total. The quantitative estimate of drug-likeness (QED) is 0.639. The molecule has 0 unspecified atom stereocenters. The third-order valence-electron chi connectivity index (χ3n) is 3.52. The Morgan fingerprint density at radius 3 is 2.70 bits per heavy atom. The van der Waals surface area contributed by atoms with Crippen molar-refractivity contribution >= 4 is 50.0 Å². The fourth-order valence-corrected chi connectivity index (χ4v) is 2.87. The van der Waals surface area contributed by atoms with Crippen LogP contribution in [-0.4, -0.2) is 20.7 Å². The average Bonchev–Trinajstić information content (AvgIpc) is 2.59. The maximum atomic E-state index is 13.7. The molecule has 0 aliphatic heterocycles. The van der Waals surface area contributed by atoms with Gasteiger partial charge in [-0.25, -0.2) is 22.8 Å². The number of hydrogen-bond donors (Lipinski definition) is 1. The minimum Gasteiger partial charge on any atom is -0.307 e. The van der Waals surface area contributed by atoms with Crippen LogP contribution in [0.1, 0.15) is 12.1 Å². The number of carbonyl (C=O) groups excluding carboxylic acids is 1. The van der Waals surface area contributed by atoms with Crippen LogP contribution in [0.2, 0.25) is 5.02 Å². The van der Waals surface area contributed by atoms with Gasteiger partial charge < -0.3 is 5.32 Å². The normalized spacial score (nSPS) is 11.2. The molecule has 6 nitrogen and oxygen atoms in total. The summed E-state index contributed by atoms with van der Waals surface area (Å²) in [7, 11) is 0. The third-order valence-corrected chi connectivity index (χ3v) is 4.22. The molecule has 3 aromatic rings. The molecule has 11 heteroatoms. The van der Waals surface area contributed by atoms with Gasteiger partial charge in [-0.1, -0.05) is 27.5 Å². The summed E-state index contributed by atoms with van der Waals surface area (Å²) >= 11 is 8.72. The molecule has 2 aromatic heterocycles. The Labute approximate surface area is 163 Å². The van der Waals surface area contributed by atoms with Crippen LogP contribution in [-0.2, 0) is 11.3 Å². The van der Waals surface area contributed by atoms with Gasteiger partial charge in [0.2, 0.25) is 5.91 Å². The van der Waals surface area contributed by atoms with E-state index in [1.165, 1.54) is 18.2 Å². The second kappa shape index (κ2) is 7.65. The highest BCUT2D eigenvalue weighted by Gasteiger charge is 2.20. The van der Waals surface area contributed by atoms with Gasteiger partial charge in [-0.3, -0.25) is 9.59 Å². The zero-order valence-electron chi connectivity index (χ0n) is 13.2. The van der Waals surface area contributed by atoms with Crippen LogP contribution in [0.5, 0.6) is 0 Å². The Morgan fingerprint density at radius 2 is 2.04 bits per heavy atom. The van der Waals surface area contributed by atoms with Crippen LogP contribution in [0.4, 0.5) is 19.0 Å². The predicted octanol–water partition coefficient (Wildman–Crippen LogP) is 3.92. The number of rotatable bonds is 4. The molecule has 0 aliphatic rings. The van der Waals surface area contributed by atoms with Crippen molar-refractivity contribution < 1.29 is 18.0 Å². The number of amides is 1. The predicted molar refractivity (Wildman–Crippen MR) is 96.5 cm³/mol. The molecule has 0 fully saturated rings. The smallest absolute Gasteiger partial charge is 0.282 e. The van der Waals surface area contributed by atoms with E-state index in [4.69, 9.17) is 11.6 Å². The Bertz CT molecular complexity index is 1110. The van der Waals surface area contributed by atoms with E-state index in [0.717, 1.165) is 12.3 Å². The number of carbonyl (C=O) groups is 1. The molecule has 1 aromatic carbocycles. The lowest BCUT2D eigenvalue weighted by molar-refractivity contribution is -0.117. The van der Waals surface area contributed by atoms with Gasteiger partial charge in [0.1, 0.15) is 12.2 Å². The number of hydrogen-bond acceptors (Lipinski definition) is 4. The van der Waals surface area contributed by atoms with Crippen molar-refractivity contribution in [2.45, 2.75) is 13.0 Å². The fourth-order valence-electron chi connectivity index (χ4n) is 2.37. The summed E-state index contributed by atoms with van der Waals surface area (Å²) in [5.41, 5.74) is -1.38. The maximum Gasteiger partial charge on any atom is 0.282 e. The molecule has 0 atom stereocenters. The highest BCUT2D eigenvalue weighted by Crippen LogP contribution is 2.26. The van der Waals surface area contributed by atoms with Crippen LogP contribution in [0.15, 0.2) is 39.7 Å². The number of benzene rings is 1. The molecular weight excluding hydrogens is 453 g/mol. The van der Waals surface area contributed by atoms with E-state index in [2.05, 4.69) is 31.3 Å². The summed E-state index contributed by atoms with van der Waals surface area (Å²) < 4.78 is 41.5. The first kappa shape index (κ1) is 19.3. The second-order valence-corrected chi connectivity index (χ2v) is 6.72. The first-order chi connectivity index (χ1) is 12.8. The minimum atomic E-state index is -2.97. The second-order valence-electron chi connectivity index (χ2n) is 5.37.